The minimum Gasteiger partial charge on any atom is -0.241 e. The van der Waals surface area contributed by atoms with Crippen molar-refractivity contribution in [3.05, 3.63) is 23.5 Å². The minimum atomic E-state index is 0.525. The number of nitrogens with zero attached hydrogens (tertiary/aromatic N) is 2. The average molecular weight is 164 g/mol. The zero-order chi connectivity index (χ0) is 8.27. The lowest BCUT2D eigenvalue weighted by Gasteiger charge is -1.98. The van der Waals surface area contributed by atoms with Gasteiger partial charge < -0.3 is 0 Å². The Hall–Kier alpha value is -1.01. The number of hydrogen-bond donors (Lipinski definition) is 0. The second kappa shape index (κ2) is 3.40. The summed E-state index contributed by atoms with van der Waals surface area (Å²) >= 11 is 1.54. The third kappa shape index (κ3) is 1.72. The molecule has 3 heteroatoms. The second-order valence-corrected chi connectivity index (χ2v) is 2.96. The van der Waals surface area contributed by atoms with Gasteiger partial charge in [-0.2, -0.15) is 5.26 Å². The first-order valence-corrected chi connectivity index (χ1v) is 4.42. The number of hydrogen-bond acceptors (Lipinski definition) is 3. The van der Waals surface area contributed by atoms with Crippen molar-refractivity contribution < 1.29 is 0 Å². The van der Waals surface area contributed by atoms with Crippen LogP contribution in [0.5, 0.6) is 0 Å². The molecular weight excluding hydrogens is 156 g/mol. The van der Waals surface area contributed by atoms with Gasteiger partial charge in [-0.25, -0.2) is 4.98 Å². The van der Waals surface area contributed by atoms with E-state index < -0.39 is 0 Å². The molecule has 0 bridgehead atoms. The maximum absolute atomic E-state index is 8.65. The maximum atomic E-state index is 8.65. The molecule has 0 aliphatic carbocycles. The number of rotatable bonds is 1. The highest BCUT2D eigenvalue weighted by molar-refractivity contribution is 7.98. The normalized spacial score (nSPS) is 9.18. The Morgan fingerprint density at radius 3 is 2.82 bits per heavy atom. The van der Waals surface area contributed by atoms with E-state index in [-0.39, 0.29) is 0 Å². The lowest BCUT2D eigenvalue weighted by Crippen LogP contribution is -1.88. The summed E-state index contributed by atoms with van der Waals surface area (Å²) in [4.78, 5) is 5.02. The molecule has 0 radical (unpaired) electrons. The van der Waals surface area contributed by atoms with Crippen molar-refractivity contribution in [1.29, 1.82) is 5.26 Å². The third-order valence-electron chi connectivity index (χ3n) is 1.32. The van der Waals surface area contributed by atoms with Gasteiger partial charge in [-0.1, -0.05) is 0 Å². The molecule has 1 aromatic heterocycles. The monoisotopic (exact) mass is 164 g/mol. The van der Waals surface area contributed by atoms with E-state index >= 15 is 0 Å². The van der Waals surface area contributed by atoms with Gasteiger partial charge in [0, 0.05) is 10.6 Å². The molecular formula is C8H8N2S. The van der Waals surface area contributed by atoms with E-state index in [0.29, 0.717) is 5.69 Å². The van der Waals surface area contributed by atoms with Gasteiger partial charge in [0.25, 0.3) is 0 Å². The van der Waals surface area contributed by atoms with E-state index in [2.05, 4.69) is 11.1 Å². The van der Waals surface area contributed by atoms with Gasteiger partial charge in [-0.3, -0.25) is 0 Å². The van der Waals surface area contributed by atoms with Crippen LogP contribution in [0.1, 0.15) is 11.4 Å². The van der Waals surface area contributed by atoms with Crippen LogP contribution in [0, 0.1) is 18.3 Å². The summed E-state index contributed by atoms with van der Waals surface area (Å²) in [7, 11) is 0. The van der Waals surface area contributed by atoms with Gasteiger partial charge in [-0.05, 0) is 25.3 Å². The first kappa shape index (κ1) is 8.09. The molecule has 1 rings (SSSR count). The van der Waals surface area contributed by atoms with E-state index in [4.69, 9.17) is 5.26 Å². The number of aryl methyl sites for hydroxylation is 1. The lowest BCUT2D eigenvalue weighted by atomic mass is 10.3. The molecule has 11 heavy (non-hydrogen) atoms. The predicted molar refractivity (Wildman–Crippen MR) is 45.5 cm³/mol. The van der Waals surface area contributed by atoms with E-state index in [9.17, 15) is 0 Å². The fourth-order valence-electron chi connectivity index (χ4n) is 0.789. The van der Waals surface area contributed by atoms with Crippen molar-refractivity contribution in [2.45, 2.75) is 11.8 Å². The number of aromatic nitrogens is 1. The van der Waals surface area contributed by atoms with E-state index in [0.717, 1.165) is 10.6 Å². The van der Waals surface area contributed by atoms with E-state index in [1.165, 1.54) is 0 Å². The Bertz CT molecular complexity index is 301. The summed E-state index contributed by atoms with van der Waals surface area (Å²) in [6, 6.07) is 5.89. The number of thioether (sulfide) groups is 1. The molecule has 0 N–H and O–H groups in total. The molecule has 0 unspecified atom stereocenters. The Labute approximate surface area is 70.3 Å². The highest BCUT2D eigenvalue weighted by Gasteiger charge is 2.00. The third-order valence-corrected chi connectivity index (χ3v) is 2.09. The molecule has 0 fully saturated rings. The summed E-state index contributed by atoms with van der Waals surface area (Å²) in [5.41, 5.74) is 1.41. The zero-order valence-electron chi connectivity index (χ0n) is 6.46. The summed E-state index contributed by atoms with van der Waals surface area (Å²) < 4.78 is 0. The van der Waals surface area contributed by atoms with Crippen molar-refractivity contribution in [3.8, 4) is 6.07 Å². The standard InChI is InChI=1S/C8H8N2S/c1-6-3-4-8(11-2)7(5-9)10-6/h3-4H,1-2H3. The van der Waals surface area contributed by atoms with Gasteiger partial charge in [0.2, 0.25) is 0 Å². The van der Waals surface area contributed by atoms with Crippen LogP contribution >= 0.6 is 11.8 Å². The minimum absolute atomic E-state index is 0.525. The van der Waals surface area contributed by atoms with E-state index in [1.807, 2.05) is 25.3 Å². The van der Waals surface area contributed by atoms with Crippen molar-refractivity contribution >= 4 is 11.8 Å². The van der Waals surface area contributed by atoms with Crippen LogP contribution in [0.4, 0.5) is 0 Å². The van der Waals surface area contributed by atoms with Crippen molar-refractivity contribution in [3.63, 3.8) is 0 Å². The summed E-state index contributed by atoms with van der Waals surface area (Å²) in [6.45, 7) is 1.88. The van der Waals surface area contributed by atoms with Crippen LogP contribution < -0.4 is 0 Å². The molecule has 0 aromatic carbocycles. The smallest absolute Gasteiger partial charge is 0.154 e. The van der Waals surface area contributed by atoms with Crippen LogP contribution in [0.15, 0.2) is 17.0 Å². The molecule has 1 heterocycles. The predicted octanol–water partition coefficient (Wildman–Crippen LogP) is 1.98. The Morgan fingerprint density at radius 1 is 1.55 bits per heavy atom. The van der Waals surface area contributed by atoms with Gasteiger partial charge in [0.1, 0.15) is 6.07 Å². The molecule has 1 aromatic rings. The van der Waals surface area contributed by atoms with Gasteiger partial charge in [0.15, 0.2) is 5.69 Å². The van der Waals surface area contributed by atoms with Crippen LogP contribution in [-0.2, 0) is 0 Å². The maximum Gasteiger partial charge on any atom is 0.154 e. The zero-order valence-corrected chi connectivity index (χ0v) is 7.27. The topological polar surface area (TPSA) is 36.7 Å². The molecule has 2 nitrogen and oxygen atoms in total. The van der Waals surface area contributed by atoms with Crippen LogP contribution in [0.3, 0.4) is 0 Å². The Kier molecular flexibility index (Phi) is 2.50. The fraction of sp³-hybridized carbons (Fsp3) is 0.250. The number of pyridine rings is 1. The summed E-state index contributed by atoms with van der Waals surface area (Å²) in [5, 5.41) is 8.65. The highest BCUT2D eigenvalue weighted by atomic mass is 32.2. The van der Waals surface area contributed by atoms with Crippen molar-refractivity contribution in [1.82, 2.24) is 4.98 Å². The first-order chi connectivity index (χ1) is 5.27. The molecule has 0 aliphatic heterocycles. The van der Waals surface area contributed by atoms with Crippen molar-refractivity contribution in [2.75, 3.05) is 6.26 Å². The lowest BCUT2D eigenvalue weighted by molar-refractivity contribution is 1.11. The van der Waals surface area contributed by atoms with Crippen LogP contribution in [-0.4, -0.2) is 11.2 Å². The molecule has 0 spiro atoms. The Balaban J connectivity index is 3.19. The van der Waals surface area contributed by atoms with Gasteiger partial charge >= 0.3 is 0 Å². The summed E-state index contributed by atoms with van der Waals surface area (Å²) in [6.07, 6.45) is 1.94. The second-order valence-electron chi connectivity index (χ2n) is 2.12. The first-order valence-electron chi connectivity index (χ1n) is 3.19. The molecule has 56 valence electrons. The molecule has 0 saturated carbocycles. The van der Waals surface area contributed by atoms with Crippen molar-refractivity contribution in [2.24, 2.45) is 0 Å². The van der Waals surface area contributed by atoms with E-state index in [1.54, 1.807) is 11.8 Å². The average Bonchev–Trinajstić information content (AvgIpc) is 2.04. The van der Waals surface area contributed by atoms with Gasteiger partial charge in [-0.15, -0.1) is 11.8 Å². The molecule has 0 amide bonds. The Morgan fingerprint density at radius 2 is 2.27 bits per heavy atom. The molecule has 0 saturated heterocycles. The number of nitriles is 1. The SMILES string of the molecule is CSc1ccc(C)nc1C#N. The molecule has 0 aliphatic rings. The highest BCUT2D eigenvalue weighted by Crippen LogP contribution is 2.17. The van der Waals surface area contributed by atoms with Gasteiger partial charge in [0.05, 0.1) is 0 Å². The quantitative estimate of drug-likeness (QED) is 0.595. The molecule has 0 atom stereocenters. The van der Waals surface area contributed by atoms with Crippen LogP contribution in [0.2, 0.25) is 0 Å². The van der Waals surface area contributed by atoms with Crippen LogP contribution in [0.25, 0.3) is 0 Å². The fourth-order valence-corrected chi connectivity index (χ4v) is 1.28. The summed E-state index contributed by atoms with van der Waals surface area (Å²) in [5.74, 6) is 0. The largest absolute Gasteiger partial charge is 0.241 e.